The molecule has 160 valence electrons. The summed E-state index contributed by atoms with van der Waals surface area (Å²) in [6.45, 7) is 0.156. The number of hydrogen-bond acceptors (Lipinski definition) is 5. The van der Waals surface area contributed by atoms with Crippen molar-refractivity contribution in [1.82, 2.24) is 19.8 Å². The molecule has 1 aromatic heterocycles. The van der Waals surface area contributed by atoms with Crippen LogP contribution < -0.4 is 10.1 Å². The van der Waals surface area contributed by atoms with Crippen LogP contribution in [0, 0.1) is 17.6 Å². The minimum atomic E-state index is -1.01. The van der Waals surface area contributed by atoms with Crippen LogP contribution in [0.25, 0.3) is 5.57 Å². The Morgan fingerprint density at radius 2 is 2.06 bits per heavy atom. The van der Waals surface area contributed by atoms with Gasteiger partial charge in [0.25, 0.3) is 0 Å². The molecule has 5 rings (SSSR count). The first-order valence-electron chi connectivity index (χ1n) is 9.85. The Morgan fingerprint density at radius 3 is 2.77 bits per heavy atom. The number of likely N-dealkylation sites (tertiary alicyclic amines) is 1. The van der Waals surface area contributed by atoms with E-state index in [0.29, 0.717) is 6.54 Å². The van der Waals surface area contributed by atoms with Crippen LogP contribution in [0.4, 0.5) is 19.3 Å². The number of halogens is 2. The number of benzene rings is 1. The summed E-state index contributed by atoms with van der Waals surface area (Å²) >= 11 is 0. The highest BCUT2D eigenvalue weighted by Crippen LogP contribution is 2.41. The molecule has 8 nitrogen and oxygen atoms in total. The standard InChI is InChI=1S/C21H19F2N5O3/c1-31-20-24-6-12(7-25-20)13-4-11-5-17(13)28(8-11)18(29)10-27-9-14-16(26-21(27)30)3-2-15(22)19(14)23/h2-4,6-7,11,17H,5,8-10H2,1H3,(H,26,30)/t11-,17-/m1/s1. The average Bonchev–Trinajstić information content (AvgIpc) is 3.39. The first kappa shape index (κ1) is 19.4. The highest BCUT2D eigenvalue weighted by molar-refractivity contribution is 5.95. The molecule has 1 aliphatic carbocycles. The van der Waals surface area contributed by atoms with Crippen molar-refractivity contribution in [2.75, 3.05) is 25.5 Å². The van der Waals surface area contributed by atoms with Crippen LogP contribution in [0.3, 0.4) is 0 Å². The normalized spacial score (nSPS) is 21.6. The predicted octanol–water partition coefficient (Wildman–Crippen LogP) is 2.43. The number of methoxy groups -OCH3 is 1. The SMILES string of the molecule is COc1ncc(C2=C[C@@H]3C[C@H]2N(C(=O)CN2Cc4c(ccc(F)c4F)NC2=O)C3)cn1. The van der Waals surface area contributed by atoms with Crippen LogP contribution in [0.15, 0.2) is 30.6 Å². The zero-order valence-electron chi connectivity index (χ0n) is 16.6. The second kappa shape index (κ2) is 7.29. The summed E-state index contributed by atoms with van der Waals surface area (Å²) < 4.78 is 32.7. The molecule has 31 heavy (non-hydrogen) atoms. The molecule has 1 aromatic carbocycles. The Bertz CT molecular complexity index is 1100. The fourth-order valence-electron chi connectivity index (χ4n) is 4.49. The van der Waals surface area contributed by atoms with E-state index in [1.165, 1.54) is 18.1 Å². The molecule has 3 amide bonds. The number of ether oxygens (including phenoxy) is 1. The van der Waals surface area contributed by atoms with Crippen molar-refractivity contribution >= 4 is 23.2 Å². The highest BCUT2D eigenvalue weighted by atomic mass is 19.2. The predicted molar refractivity (Wildman–Crippen MR) is 106 cm³/mol. The first-order valence-corrected chi connectivity index (χ1v) is 9.85. The zero-order valence-corrected chi connectivity index (χ0v) is 16.6. The lowest BCUT2D eigenvalue weighted by Crippen LogP contribution is -2.48. The van der Waals surface area contributed by atoms with Gasteiger partial charge in [-0.3, -0.25) is 4.79 Å². The van der Waals surface area contributed by atoms with Crippen molar-refractivity contribution < 1.29 is 23.1 Å². The number of rotatable bonds is 4. The second-order valence-electron chi connectivity index (χ2n) is 7.81. The third-order valence-electron chi connectivity index (χ3n) is 5.97. The summed E-state index contributed by atoms with van der Waals surface area (Å²) in [4.78, 5) is 36.6. The lowest BCUT2D eigenvalue weighted by Gasteiger charge is -2.33. The van der Waals surface area contributed by atoms with E-state index in [0.717, 1.165) is 23.6 Å². The van der Waals surface area contributed by atoms with Crippen LogP contribution in [0.5, 0.6) is 6.01 Å². The van der Waals surface area contributed by atoms with Gasteiger partial charge in [0.05, 0.1) is 25.4 Å². The van der Waals surface area contributed by atoms with Crippen molar-refractivity contribution in [1.29, 1.82) is 0 Å². The van der Waals surface area contributed by atoms with E-state index < -0.39 is 17.7 Å². The largest absolute Gasteiger partial charge is 0.467 e. The quantitative estimate of drug-likeness (QED) is 0.810. The highest BCUT2D eigenvalue weighted by Gasteiger charge is 2.43. The molecule has 0 unspecified atom stereocenters. The lowest BCUT2D eigenvalue weighted by atomic mass is 10.0. The van der Waals surface area contributed by atoms with Crippen molar-refractivity contribution in [3.8, 4) is 6.01 Å². The van der Waals surface area contributed by atoms with Crippen LogP contribution in [0.2, 0.25) is 0 Å². The molecule has 2 bridgehead atoms. The molecule has 3 aliphatic rings. The fraction of sp³-hybridized carbons (Fsp3) is 0.333. The van der Waals surface area contributed by atoms with E-state index >= 15 is 0 Å². The topological polar surface area (TPSA) is 87.7 Å². The van der Waals surface area contributed by atoms with Gasteiger partial charge in [-0.2, -0.15) is 0 Å². The number of carbonyl (C=O) groups excluding carboxylic acids is 2. The molecule has 1 saturated heterocycles. The molecule has 2 aliphatic heterocycles. The summed E-state index contributed by atoms with van der Waals surface area (Å²) in [7, 11) is 1.49. The van der Waals surface area contributed by atoms with Gasteiger partial charge in [-0.05, 0) is 30.0 Å². The molecule has 1 N–H and O–H groups in total. The van der Waals surface area contributed by atoms with Crippen molar-refractivity contribution in [3.63, 3.8) is 0 Å². The van der Waals surface area contributed by atoms with Gasteiger partial charge in [0, 0.05) is 30.1 Å². The number of fused-ring (bicyclic) bond motifs is 3. The Labute approximate surface area is 176 Å². The number of carbonyl (C=O) groups is 2. The number of anilines is 1. The van der Waals surface area contributed by atoms with E-state index in [9.17, 15) is 18.4 Å². The van der Waals surface area contributed by atoms with E-state index in [2.05, 4.69) is 21.4 Å². The number of nitrogens with one attached hydrogen (secondary N) is 1. The van der Waals surface area contributed by atoms with Gasteiger partial charge < -0.3 is 19.9 Å². The summed E-state index contributed by atoms with van der Waals surface area (Å²) in [5.74, 6) is -2.04. The smallest absolute Gasteiger partial charge is 0.322 e. The number of amides is 3. The van der Waals surface area contributed by atoms with E-state index in [-0.39, 0.29) is 48.2 Å². The summed E-state index contributed by atoms with van der Waals surface area (Å²) in [5.41, 5.74) is 2.03. The average molecular weight is 427 g/mol. The lowest BCUT2D eigenvalue weighted by molar-refractivity contribution is -0.132. The molecule has 0 radical (unpaired) electrons. The van der Waals surface area contributed by atoms with Crippen LogP contribution >= 0.6 is 0 Å². The number of urea groups is 1. The minimum absolute atomic E-state index is 0.0336. The van der Waals surface area contributed by atoms with Gasteiger partial charge in [0.15, 0.2) is 11.6 Å². The molecule has 2 atom stereocenters. The van der Waals surface area contributed by atoms with Crippen LogP contribution in [-0.4, -0.2) is 57.9 Å². The Morgan fingerprint density at radius 1 is 1.29 bits per heavy atom. The van der Waals surface area contributed by atoms with Gasteiger partial charge in [-0.25, -0.2) is 23.5 Å². The van der Waals surface area contributed by atoms with E-state index in [1.54, 1.807) is 17.3 Å². The molecular weight excluding hydrogens is 408 g/mol. The van der Waals surface area contributed by atoms with Crippen LogP contribution in [-0.2, 0) is 11.3 Å². The second-order valence-corrected chi connectivity index (χ2v) is 7.81. The third-order valence-corrected chi connectivity index (χ3v) is 5.97. The van der Waals surface area contributed by atoms with Crippen LogP contribution in [0.1, 0.15) is 17.5 Å². The van der Waals surface area contributed by atoms with Gasteiger partial charge in [-0.1, -0.05) is 6.08 Å². The number of hydrogen-bond donors (Lipinski definition) is 1. The Hall–Kier alpha value is -3.56. The van der Waals surface area contributed by atoms with Gasteiger partial charge in [0.2, 0.25) is 5.91 Å². The first-order chi connectivity index (χ1) is 14.9. The van der Waals surface area contributed by atoms with Crippen molar-refractivity contribution in [2.45, 2.75) is 19.0 Å². The zero-order chi connectivity index (χ0) is 21.7. The van der Waals surface area contributed by atoms with Gasteiger partial charge in [0.1, 0.15) is 6.54 Å². The maximum atomic E-state index is 14.2. The fourth-order valence-corrected chi connectivity index (χ4v) is 4.49. The molecule has 0 spiro atoms. The van der Waals surface area contributed by atoms with Crippen molar-refractivity contribution in [3.05, 3.63) is 53.4 Å². The summed E-state index contributed by atoms with van der Waals surface area (Å²) in [6, 6.07) is 1.89. The van der Waals surface area contributed by atoms with Gasteiger partial charge >= 0.3 is 12.0 Å². The molecule has 1 fully saturated rings. The van der Waals surface area contributed by atoms with Crippen molar-refractivity contribution in [2.24, 2.45) is 5.92 Å². The van der Waals surface area contributed by atoms with Gasteiger partial charge in [-0.15, -0.1) is 0 Å². The Kier molecular flexibility index (Phi) is 4.57. The minimum Gasteiger partial charge on any atom is -0.467 e. The molecule has 10 heteroatoms. The number of aromatic nitrogens is 2. The molecular formula is C21H19F2N5O3. The van der Waals surface area contributed by atoms with E-state index in [1.807, 2.05) is 0 Å². The number of nitrogens with zero attached hydrogens (tertiary/aromatic N) is 4. The summed E-state index contributed by atoms with van der Waals surface area (Å²) in [5, 5.41) is 2.52. The molecule has 3 heterocycles. The maximum Gasteiger partial charge on any atom is 0.322 e. The monoisotopic (exact) mass is 427 g/mol. The third kappa shape index (κ3) is 3.28. The molecule has 2 aromatic rings. The Balaban J connectivity index is 1.31. The maximum absolute atomic E-state index is 14.2. The summed E-state index contributed by atoms with van der Waals surface area (Å²) in [6.07, 6.45) is 6.24. The van der Waals surface area contributed by atoms with E-state index in [4.69, 9.17) is 4.74 Å². The molecule has 0 saturated carbocycles.